The molecule has 0 saturated carbocycles. The number of aliphatic hydroxyl groups is 1. The zero-order valence-electron chi connectivity index (χ0n) is 11.4. The Kier molecular flexibility index (Phi) is 5.79. The van der Waals surface area contributed by atoms with Crippen LogP contribution in [0, 0.1) is 0 Å². The van der Waals surface area contributed by atoms with E-state index in [1.807, 2.05) is 0 Å². The van der Waals surface area contributed by atoms with Gasteiger partial charge in [0.25, 0.3) is 0 Å². The van der Waals surface area contributed by atoms with Crippen LogP contribution in [-0.2, 0) is 14.8 Å². The molecule has 8 heteroatoms. The third-order valence-corrected chi connectivity index (χ3v) is 4.62. The van der Waals surface area contributed by atoms with E-state index in [0.717, 1.165) is 0 Å². The second-order valence-electron chi connectivity index (χ2n) is 4.75. The molecule has 0 aliphatic rings. The third-order valence-electron chi connectivity index (χ3n) is 2.73. The average molecular weight is 323 g/mol. The normalized spacial score (nSPS) is 15.0. The number of methoxy groups -OCH3 is 1. The zero-order chi connectivity index (χ0) is 15.4. The maximum absolute atomic E-state index is 12.1. The molecule has 0 aliphatic carbocycles. The van der Waals surface area contributed by atoms with Crippen molar-refractivity contribution in [1.29, 1.82) is 0 Å². The number of nitrogens with two attached hydrogens (primary N) is 1. The molecule has 1 unspecified atom stereocenters. The monoisotopic (exact) mass is 322 g/mol. The smallest absolute Gasteiger partial charge is 0.242 e. The highest BCUT2D eigenvalue weighted by Crippen LogP contribution is 2.23. The summed E-state index contributed by atoms with van der Waals surface area (Å²) in [5.74, 6) is 0. The van der Waals surface area contributed by atoms with Crippen molar-refractivity contribution in [3.8, 4) is 0 Å². The molecule has 1 atom stereocenters. The van der Waals surface area contributed by atoms with Crippen molar-refractivity contribution in [3.05, 3.63) is 23.2 Å². The summed E-state index contributed by atoms with van der Waals surface area (Å²) in [5, 5.41) is 10.0. The molecule has 1 rings (SSSR count). The average Bonchev–Trinajstić information content (AvgIpc) is 2.34. The zero-order valence-corrected chi connectivity index (χ0v) is 13.0. The van der Waals surface area contributed by atoms with Gasteiger partial charge in [-0.15, -0.1) is 0 Å². The van der Waals surface area contributed by atoms with Gasteiger partial charge in [0, 0.05) is 32.4 Å². The third kappa shape index (κ3) is 4.92. The van der Waals surface area contributed by atoms with Crippen LogP contribution >= 0.6 is 11.6 Å². The first-order valence-electron chi connectivity index (χ1n) is 5.94. The molecule has 114 valence electrons. The molecule has 0 heterocycles. The summed E-state index contributed by atoms with van der Waals surface area (Å²) in [6, 6.07) is 4.13. The standard InChI is InChI=1S/C12H19ClN2O4S/c1-12(16,5-6-19-2)8-15-20(17,18)11-4-3-9(14)7-10(11)13/h3-4,7,15-16H,5-6,8,14H2,1-2H3. The fourth-order valence-corrected chi connectivity index (χ4v) is 3.19. The molecule has 0 amide bonds. The number of hydrogen-bond acceptors (Lipinski definition) is 5. The van der Waals surface area contributed by atoms with Gasteiger partial charge in [0.2, 0.25) is 10.0 Å². The van der Waals surface area contributed by atoms with E-state index >= 15 is 0 Å². The number of nitrogen functional groups attached to an aromatic ring is 1. The Morgan fingerprint density at radius 3 is 2.70 bits per heavy atom. The molecule has 0 bridgehead atoms. The van der Waals surface area contributed by atoms with Gasteiger partial charge in [-0.3, -0.25) is 0 Å². The van der Waals surface area contributed by atoms with Gasteiger partial charge in [0.1, 0.15) is 4.90 Å². The maximum atomic E-state index is 12.1. The summed E-state index contributed by atoms with van der Waals surface area (Å²) in [5.41, 5.74) is 4.69. The number of nitrogens with one attached hydrogen (secondary N) is 1. The lowest BCUT2D eigenvalue weighted by Gasteiger charge is -2.23. The fourth-order valence-electron chi connectivity index (χ4n) is 1.47. The molecule has 6 nitrogen and oxygen atoms in total. The Morgan fingerprint density at radius 2 is 2.15 bits per heavy atom. The van der Waals surface area contributed by atoms with Crippen LogP contribution in [-0.4, -0.2) is 39.4 Å². The van der Waals surface area contributed by atoms with Crippen LogP contribution in [0.3, 0.4) is 0 Å². The Morgan fingerprint density at radius 1 is 1.50 bits per heavy atom. The summed E-state index contributed by atoms with van der Waals surface area (Å²) in [6.45, 7) is 1.72. The molecule has 0 fully saturated rings. The lowest BCUT2D eigenvalue weighted by atomic mass is 10.0. The summed E-state index contributed by atoms with van der Waals surface area (Å²) in [4.78, 5) is -0.0732. The van der Waals surface area contributed by atoms with E-state index in [1.54, 1.807) is 0 Å². The number of benzene rings is 1. The highest BCUT2D eigenvalue weighted by molar-refractivity contribution is 7.89. The van der Waals surface area contributed by atoms with Gasteiger partial charge in [-0.25, -0.2) is 13.1 Å². The Bertz CT molecular complexity index is 561. The van der Waals surface area contributed by atoms with Gasteiger partial charge in [0.15, 0.2) is 0 Å². The quantitative estimate of drug-likeness (QED) is 0.650. The maximum Gasteiger partial charge on any atom is 0.242 e. The molecule has 0 aliphatic heterocycles. The van der Waals surface area contributed by atoms with Crippen LogP contribution in [0.4, 0.5) is 5.69 Å². The van der Waals surface area contributed by atoms with Crippen LogP contribution in [0.25, 0.3) is 0 Å². The minimum Gasteiger partial charge on any atom is -0.399 e. The summed E-state index contributed by atoms with van der Waals surface area (Å²) >= 11 is 5.87. The first kappa shape index (κ1) is 17.2. The van der Waals surface area contributed by atoms with E-state index in [4.69, 9.17) is 22.1 Å². The molecule has 0 saturated heterocycles. The summed E-state index contributed by atoms with van der Waals surface area (Å²) in [7, 11) is -2.30. The van der Waals surface area contributed by atoms with Gasteiger partial charge in [-0.2, -0.15) is 0 Å². The van der Waals surface area contributed by atoms with Gasteiger partial charge in [0.05, 0.1) is 10.6 Å². The Labute approximate surface area is 123 Å². The largest absolute Gasteiger partial charge is 0.399 e. The number of anilines is 1. The summed E-state index contributed by atoms with van der Waals surface area (Å²) in [6.07, 6.45) is 0.307. The van der Waals surface area contributed by atoms with Gasteiger partial charge >= 0.3 is 0 Å². The highest BCUT2D eigenvalue weighted by Gasteiger charge is 2.25. The number of rotatable bonds is 7. The number of ether oxygens (including phenoxy) is 1. The van der Waals surface area contributed by atoms with Crippen molar-refractivity contribution in [2.24, 2.45) is 0 Å². The molecule has 0 spiro atoms. The van der Waals surface area contributed by atoms with Crippen LogP contribution in [0.5, 0.6) is 0 Å². The van der Waals surface area contributed by atoms with E-state index in [2.05, 4.69) is 4.72 Å². The first-order valence-corrected chi connectivity index (χ1v) is 7.80. The SMILES string of the molecule is COCCC(C)(O)CNS(=O)(=O)c1ccc(N)cc1Cl. The summed E-state index contributed by atoms with van der Waals surface area (Å²) < 4.78 is 31.4. The van der Waals surface area contributed by atoms with E-state index in [1.165, 1.54) is 32.2 Å². The van der Waals surface area contributed by atoms with E-state index in [9.17, 15) is 13.5 Å². The first-order chi connectivity index (χ1) is 9.18. The molecule has 20 heavy (non-hydrogen) atoms. The van der Waals surface area contributed by atoms with E-state index in [0.29, 0.717) is 18.7 Å². The molecular formula is C12H19ClN2O4S. The van der Waals surface area contributed by atoms with Gasteiger partial charge in [-0.1, -0.05) is 11.6 Å². The lowest BCUT2D eigenvalue weighted by Crippen LogP contribution is -2.41. The topological polar surface area (TPSA) is 102 Å². The van der Waals surface area contributed by atoms with Crippen molar-refractivity contribution in [2.45, 2.75) is 23.8 Å². The number of sulfonamides is 1. The Balaban J connectivity index is 2.80. The van der Waals surface area contributed by atoms with E-state index < -0.39 is 15.6 Å². The van der Waals surface area contributed by atoms with Crippen molar-refractivity contribution in [1.82, 2.24) is 4.72 Å². The van der Waals surface area contributed by atoms with Gasteiger partial charge in [-0.05, 0) is 25.1 Å². The second kappa shape index (κ2) is 6.73. The van der Waals surface area contributed by atoms with Crippen molar-refractivity contribution in [3.63, 3.8) is 0 Å². The molecule has 4 N–H and O–H groups in total. The Hall–Kier alpha value is -0.860. The molecule has 0 aromatic heterocycles. The fraction of sp³-hybridized carbons (Fsp3) is 0.500. The minimum absolute atomic E-state index is 0.0361. The molecule has 0 radical (unpaired) electrons. The predicted molar refractivity (Wildman–Crippen MR) is 78.2 cm³/mol. The lowest BCUT2D eigenvalue weighted by molar-refractivity contribution is 0.0292. The highest BCUT2D eigenvalue weighted by atomic mass is 35.5. The molecule has 1 aromatic rings. The van der Waals surface area contributed by atoms with Crippen molar-refractivity contribution < 1.29 is 18.3 Å². The van der Waals surface area contributed by atoms with E-state index in [-0.39, 0.29) is 16.5 Å². The number of halogens is 1. The van der Waals surface area contributed by atoms with Crippen LogP contribution < -0.4 is 10.5 Å². The van der Waals surface area contributed by atoms with Crippen LogP contribution in [0.2, 0.25) is 5.02 Å². The molecular weight excluding hydrogens is 304 g/mol. The predicted octanol–water partition coefficient (Wildman–Crippen LogP) is 0.988. The second-order valence-corrected chi connectivity index (χ2v) is 6.90. The van der Waals surface area contributed by atoms with Crippen LogP contribution in [0.15, 0.2) is 23.1 Å². The minimum atomic E-state index is -3.80. The van der Waals surface area contributed by atoms with Crippen LogP contribution in [0.1, 0.15) is 13.3 Å². The molecule has 1 aromatic carbocycles. The van der Waals surface area contributed by atoms with Crippen molar-refractivity contribution in [2.75, 3.05) is 26.0 Å². The van der Waals surface area contributed by atoms with Gasteiger partial charge < -0.3 is 15.6 Å². The van der Waals surface area contributed by atoms with Crippen molar-refractivity contribution >= 4 is 27.3 Å². The number of hydrogen-bond donors (Lipinski definition) is 3.